The number of hydrogen-bond donors (Lipinski definition) is 0. The predicted molar refractivity (Wildman–Crippen MR) is 101 cm³/mol. The molecule has 7 nitrogen and oxygen atoms in total. The Kier molecular flexibility index (Phi) is 5.45. The number of rotatable bonds is 4. The van der Waals surface area contributed by atoms with E-state index in [-0.39, 0.29) is 5.82 Å². The smallest absolute Gasteiger partial charge is 0.227 e. The highest BCUT2D eigenvalue weighted by Crippen LogP contribution is 2.20. The Morgan fingerprint density at radius 3 is 2.56 bits per heavy atom. The SMILES string of the molecule is Cc1cc(N2CCOCC2)nc(N2CCN(Cc3ccncc3F)CC2)n1. The molecule has 2 saturated heterocycles. The zero-order valence-electron chi connectivity index (χ0n) is 15.6. The number of nitrogens with zero attached hydrogens (tertiary/aromatic N) is 6. The van der Waals surface area contributed by atoms with Crippen molar-refractivity contribution in [1.82, 2.24) is 19.9 Å². The highest BCUT2D eigenvalue weighted by molar-refractivity contribution is 5.46. The van der Waals surface area contributed by atoms with Crippen LogP contribution in [-0.2, 0) is 11.3 Å². The van der Waals surface area contributed by atoms with E-state index in [0.29, 0.717) is 12.1 Å². The van der Waals surface area contributed by atoms with E-state index in [4.69, 9.17) is 9.72 Å². The average molecular weight is 372 g/mol. The van der Waals surface area contributed by atoms with E-state index in [0.717, 1.165) is 69.9 Å². The fraction of sp³-hybridized carbons (Fsp3) is 0.526. The molecule has 4 rings (SSSR count). The molecule has 0 atom stereocenters. The van der Waals surface area contributed by atoms with Crippen LogP contribution in [0.5, 0.6) is 0 Å². The summed E-state index contributed by atoms with van der Waals surface area (Å²) in [6.45, 7) is 9.19. The molecule has 8 heteroatoms. The van der Waals surface area contributed by atoms with Gasteiger partial charge in [-0.25, -0.2) is 9.37 Å². The summed E-state index contributed by atoms with van der Waals surface area (Å²) in [6.07, 6.45) is 2.92. The van der Waals surface area contributed by atoms with Gasteiger partial charge in [-0.1, -0.05) is 0 Å². The summed E-state index contributed by atoms with van der Waals surface area (Å²) in [7, 11) is 0. The molecular formula is C19H25FN6O. The van der Waals surface area contributed by atoms with E-state index in [1.165, 1.54) is 6.20 Å². The van der Waals surface area contributed by atoms with E-state index < -0.39 is 0 Å². The van der Waals surface area contributed by atoms with Crippen LogP contribution in [0.1, 0.15) is 11.3 Å². The molecule has 0 spiro atoms. The lowest BCUT2D eigenvalue weighted by Gasteiger charge is -2.35. The summed E-state index contributed by atoms with van der Waals surface area (Å²) in [4.78, 5) is 20.0. The molecule has 4 heterocycles. The summed E-state index contributed by atoms with van der Waals surface area (Å²) < 4.78 is 19.3. The lowest BCUT2D eigenvalue weighted by atomic mass is 10.2. The van der Waals surface area contributed by atoms with Gasteiger partial charge in [0, 0.05) is 69.3 Å². The van der Waals surface area contributed by atoms with E-state index >= 15 is 0 Å². The van der Waals surface area contributed by atoms with Gasteiger partial charge in [0.1, 0.15) is 11.6 Å². The Bertz CT molecular complexity index is 775. The molecule has 2 aliphatic rings. The molecule has 2 fully saturated rings. The van der Waals surface area contributed by atoms with Crippen LogP contribution in [0.15, 0.2) is 24.5 Å². The lowest BCUT2D eigenvalue weighted by Crippen LogP contribution is -2.47. The summed E-state index contributed by atoms with van der Waals surface area (Å²) in [6, 6.07) is 3.79. The number of aryl methyl sites for hydroxylation is 1. The van der Waals surface area contributed by atoms with Crippen molar-refractivity contribution < 1.29 is 9.13 Å². The number of piperazine rings is 1. The predicted octanol–water partition coefficient (Wildman–Crippen LogP) is 1.48. The van der Waals surface area contributed by atoms with Gasteiger partial charge in [0.05, 0.1) is 19.4 Å². The Balaban J connectivity index is 1.40. The van der Waals surface area contributed by atoms with Gasteiger partial charge in [-0.15, -0.1) is 0 Å². The zero-order valence-corrected chi connectivity index (χ0v) is 15.6. The molecule has 0 aromatic carbocycles. The van der Waals surface area contributed by atoms with Crippen molar-refractivity contribution in [2.24, 2.45) is 0 Å². The molecular weight excluding hydrogens is 347 g/mol. The third kappa shape index (κ3) is 4.33. The van der Waals surface area contributed by atoms with Crippen molar-refractivity contribution in [3.05, 3.63) is 41.6 Å². The first-order valence-electron chi connectivity index (χ1n) is 9.43. The highest BCUT2D eigenvalue weighted by atomic mass is 19.1. The molecule has 0 N–H and O–H groups in total. The zero-order chi connectivity index (χ0) is 18.6. The maximum absolute atomic E-state index is 13.8. The maximum atomic E-state index is 13.8. The monoisotopic (exact) mass is 372 g/mol. The number of anilines is 2. The minimum atomic E-state index is -0.239. The minimum absolute atomic E-state index is 0.239. The van der Waals surface area contributed by atoms with Crippen molar-refractivity contribution in [2.45, 2.75) is 13.5 Å². The van der Waals surface area contributed by atoms with Gasteiger partial charge in [-0.2, -0.15) is 4.98 Å². The average Bonchev–Trinajstić information content (AvgIpc) is 2.70. The second kappa shape index (κ2) is 8.14. The van der Waals surface area contributed by atoms with Crippen LogP contribution in [0.25, 0.3) is 0 Å². The molecule has 0 aliphatic carbocycles. The minimum Gasteiger partial charge on any atom is -0.378 e. The van der Waals surface area contributed by atoms with Gasteiger partial charge in [-0.3, -0.25) is 9.88 Å². The number of pyridine rings is 1. The maximum Gasteiger partial charge on any atom is 0.227 e. The molecule has 2 aromatic heterocycles. The number of aromatic nitrogens is 3. The van der Waals surface area contributed by atoms with Crippen molar-refractivity contribution in [1.29, 1.82) is 0 Å². The third-order valence-electron chi connectivity index (χ3n) is 5.07. The molecule has 27 heavy (non-hydrogen) atoms. The van der Waals surface area contributed by atoms with Crippen molar-refractivity contribution in [3.63, 3.8) is 0 Å². The molecule has 0 amide bonds. The normalized spacial score (nSPS) is 18.7. The summed E-state index contributed by atoms with van der Waals surface area (Å²) in [5.74, 6) is 1.52. The van der Waals surface area contributed by atoms with E-state index in [1.54, 1.807) is 12.3 Å². The van der Waals surface area contributed by atoms with Crippen LogP contribution in [0.4, 0.5) is 16.2 Å². The van der Waals surface area contributed by atoms with Crippen molar-refractivity contribution in [3.8, 4) is 0 Å². The summed E-state index contributed by atoms with van der Waals surface area (Å²) >= 11 is 0. The van der Waals surface area contributed by atoms with Gasteiger partial charge in [0.15, 0.2) is 0 Å². The van der Waals surface area contributed by atoms with Crippen LogP contribution < -0.4 is 9.80 Å². The fourth-order valence-electron chi connectivity index (χ4n) is 3.51. The van der Waals surface area contributed by atoms with E-state index in [2.05, 4.69) is 24.7 Å². The van der Waals surface area contributed by atoms with Gasteiger partial charge in [-0.05, 0) is 13.0 Å². The van der Waals surface area contributed by atoms with Crippen LogP contribution >= 0.6 is 0 Å². The molecule has 0 radical (unpaired) electrons. The quantitative estimate of drug-likeness (QED) is 0.806. The first-order valence-corrected chi connectivity index (χ1v) is 9.43. The van der Waals surface area contributed by atoms with E-state index in [9.17, 15) is 4.39 Å². The molecule has 2 aliphatic heterocycles. The Morgan fingerprint density at radius 1 is 1.04 bits per heavy atom. The Hall–Kier alpha value is -2.32. The molecule has 0 bridgehead atoms. The van der Waals surface area contributed by atoms with Gasteiger partial charge >= 0.3 is 0 Å². The second-order valence-electron chi connectivity index (χ2n) is 7.00. The van der Waals surface area contributed by atoms with Gasteiger partial charge < -0.3 is 14.5 Å². The molecule has 2 aromatic rings. The number of hydrogen-bond acceptors (Lipinski definition) is 7. The van der Waals surface area contributed by atoms with Gasteiger partial charge in [0.2, 0.25) is 5.95 Å². The Morgan fingerprint density at radius 2 is 1.81 bits per heavy atom. The van der Waals surface area contributed by atoms with Gasteiger partial charge in [0.25, 0.3) is 0 Å². The van der Waals surface area contributed by atoms with Crippen molar-refractivity contribution in [2.75, 3.05) is 62.3 Å². The highest BCUT2D eigenvalue weighted by Gasteiger charge is 2.22. The standard InChI is InChI=1S/C19H25FN6O/c1-15-12-18(25-8-10-27-11-9-25)23-19(22-15)26-6-4-24(5-7-26)14-16-2-3-21-13-17(16)20/h2-3,12-13H,4-11,14H2,1H3. The van der Waals surface area contributed by atoms with Crippen molar-refractivity contribution >= 4 is 11.8 Å². The third-order valence-corrected chi connectivity index (χ3v) is 5.07. The molecule has 0 saturated carbocycles. The topological polar surface area (TPSA) is 57.6 Å². The van der Waals surface area contributed by atoms with Crippen LogP contribution in [0.3, 0.4) is 0 Å². The summed E-state index contributed by atoms with van der Waals surface area (Å²) in [5, 5.41) is 0. The lowest BCUT2D eigenvalue weighted by molar-refractivity contribution is 0.122. The fourth-order valence-corrected chi connectivity index (χ4v) is 3.51. The largest absolute Gasteiger partial charge is 0.378 e. The second-order valence-corrected chi connectivity index (χ2v) is 7.00. The number of morpholine rings is 1. The molecule has 0 unspecified atom stereocenters. The van der Waals surface area contributed by atoms with Crippen LogP contribution in [0, 0.1) is 12.7 Å². The summed E-state index contributed by atoms with van der Waals surface area (Å²) in [5.41, 5.74) is 1.67. The Labute approximate surface area is 158 Å². The first-order chi connectivity index (χ1) is 13.2. The van der Waals surface area contributed by atoms with Crippen LogP contribution in [-0.4, -0.2) is 72.3 Å². The number of ether oxygens (including phenoxy) is 1. The first kappa shape index (κ1) is 18.1. The van der Waals surface area contributed by atoms with Crippen LogP contribution in [0.2, 0.25) is 0 Å². The number of halogens is 1. The van der Waals surface area contributed by atoms with E-state index in [1.807, 2.05) is 13.0 Å². The molecule has 144 valence electrons.